The Hall–Kier alpha value is -1.65. The zero-order valence-electron chi connectivity index (χ0n) is 8.90. The second kappa shape index (κ2) is 4.47. The molecule has 0 atom stereocenters. The first-order valence-corrected chi connectivity index (χ1v) is 5.46. The molecule has 86 valence electrons. The van der Waals surface area contributed by atoms with Crippen molar-refractivity contribution in [2.24, 2.45) is 0 Å². The van der Waals surface area contributed by atoms with Crippen LogP contribution < -0.4 is 5.56 Å². The Morgan fingerprint density at radius 2 is 2.31 bits per heavy atom. The second-order valence-electron chi connectivity index (χ2n) is 4.14. The third-order valence-corrected chi connectivity index (χ3v) is 3.00. The Morgan fingerprint density at radius 3 is 2.81 bits per heavy atom. The van der Waals surface area contributed by atoms with Gasteiger partial charge in [0.15, 0.2) is 0 Å². The van der Waals surface area contributed by atoms with Gasteiger partial charge in [0, 0.05) is 18.2 Å². The first-order chi connectivity index (χ1) is 7.66. The van der Waals surface area contributed by atoms with E-state index in [0.717, 1.165) is 18.4 Å². The minimum absolute atomic E-state index is 0.00822. The minimum Gasteiger partial charge on any atom is -0.481 e. The predicted octanol–water partition coefficient (Wildman–Crippen LogP) is 1.05. The molecule has 0 amide bonds. The molecule has 1 aromatic rings. The van der Waals surface area contributed by atoms with Gasteiger partial charge in [0.25, 0.3) is 5.56 Å². The Bertz CT molecular complexity index is 449. The summed E-state index contributed by atoms with van der Waals surface area (Å²) in [6, 6.07) is 0. The number of H-pyrrole nitrogens is 1. The van der Waals surface area contributed by atoms with Crippen molar-refractivity contribution in [3.05, 3.63) is 27.9 Å². The Balaban J connectivity index is 2.09. The zero-order chi connectivity index (χ0) is 11.5. The highest BCUT2D eigenvalue weighted by atomic mass is 16.4. The second-order valence-corrected chi connectivity index (χ2v) is 4.14. The minimum atomic E-state index is -0.884. The topological polar surface area (TPSA) is 83.0 Å². The maximum atomic E-state index is 11.7. The van der Waals surface area contributed by atoms with E-state index in [4.69, 9.17) is 5.11 Å². The molecule has 1 heterocycles. The fourth-order valence-corrected chi connectivity index (χ4v) is 1.80. The molecule has 1 saturated carbocycles. The molecular weight excluding hydrogens is 208 g/mol. The van der Waals surface area contributed by atoms with Crippen LogP contribution in [0.25, 0.3) is 0 Å². The summed E-state index contributed by atoms with van der Waals surface area (Å²) in [5.74, 6) is -0.0778. The molecule has 5 heteroatoms. The summed E-state index contributed by atoms with van der Waals surface area (Å²) in [6.45, 7) is 0. The third kappa shape index (κ3) is 2.29. The number of hydrogen-bond acceptors (Lipinski definition) is 3. The van der Waals surface area contributed by atoms with Gasteiger partial charge in [0.05, 0.1) is 6.42 Å². The van der Waals surface area contributed by atoms with Crippen molar-refractivity contribution >= 4 is 5.97 Å². The monoisotopic (exact) mass is 222 g/mol. The van der Waals surface area contributed by atoms with Gasteiger partial charge in [0.2, 0.25) is 0 Å². The first kappa shape index (κ1) is 10.9. The van der Waals surface area contributed by atoms with Gasteiger partial charge in [0.1, 0.15) is 5.82 Å². The molecule has 0 aliphatic heterocycles. The zero-order valence-corrected chi connectivity index (χ0v) is 8.90. The van der Waals surface area contributed by atoms with Gasteiger partial charge in [-0.3, -0.25) is 9.59 Å². The van der Waals surface area contributed by atoms with Crippen LogP contribution in [0.5, 0.6) is 0 Å². The van der Waals surface area contributed by atoms with E-state index < -0.39 is 5.97 Å². The van der Waals surface area contributed by atoms with Crippen molar-refractivity contribution in [1.29, 1.82) is 0 Å². The van der Waals surface area contributed by atoms with E-state index in [1.807, 2.05) is 0 Å². The number of nitrogens with one attached hydrogen (secondary N) is 1. The van der Waals surface area contributed by atoms with Crippen molar-refractivity contribution < 1.29 is 9.90 Å². The number of hydrogen-bond donors (Lipinski definition) is 2. The SMILES string of the molecule is O=C(O)CCc1ncc(C2CCC2)c(=O)[nH]1. The first-order valence-electron chi connectivity index (χ1n) is 5.46. The normalized spacial score (nSPS) is 15.8. The van der Waals surface area contributed by atoms with E-state index in [9.17, 15) is 9.59 Å². The number of carbonyl (C=O) groups is 1. The van der Waals surface area contributed by atoms with Gasteiger partial charge in [-0.25, -0.2) is 4.98 Å². The van der Waals surface area contributed by atoms with Gasteiger partial charge < -0.3 is 10.1 Å². The number of aromatic nitrogens is 2. The smallest absolute Gasteiger partial charge is 0.303 e. The maximum Gasteiger partial charge on any atom is 0.303 e. The molecular formula is C11H14N2O3. The lowest BCUT2D eigenvalue weighted by molar-refractivity contribution is -0.137. The standard InChI is InChI=1S/C11H14N2O3/c14-10(15)5-4-9-12-6-8(11(16)13-9)7-2-1-3-7/h6-7H,1-5H2,(H,14,15)(H,12,13,16). The molecule has 5 nitrogen and oxygen atoms in total. The molecule has 0 aromatic carbocycles. The van der Waals surface area contributed by atoms with Crippen LogP contribution in [-0.4, -0.2) is 21.0 Å². The Kier molecular flexibility index (Phi) is 3.03. The molecule has 1 aliphatic rings. The van der Waals surface area contributed by atoms with Crippen LogP contribution in [-0.2, 0) is 11.2 Å². The molecule has 0 spiro atoms. The van der Waals surface area contributed by atoms with Crippen molar-refractivity contribution in [3.8, 4) is 0 Å². The molecule has 1 fully saturated rings. The van der Waals surface area contributed by atoms with Crippen molar-refractivity contribution in [3.63, 3.8) is 0 Å². The fraction of sp³-hybridized carbons (Fsp3) is 0.545. The van der Waals surface area contributed by atoms with Gasteiger partial charge in [-0.05, 0) is 18.8 Å². The summed E-state index contributed by atoms with van der Waals surface area (Å²) < 4.78 is 0. The molecule has 0 saturated heterocycles. The number of carboxylic acids is 1. The number of nitrogens with zero attached hydrogens (tertiary/aromatic N) is 1. The largest absolute Gasteiger partial charge is 0.481 e. The number of rotatable bonds is 4. The van der Waals surface area contributed by atoms with Crippen LogP contribution >= 0.6 is 0 Å². The van der Waals surface area contributed by atoms with E-state index in [-0.39, 0.29) is 18.4 Å². The van der Waals surface area contributed by atoms with Gasteiger partial charge >= 0.3 is 5.97 Å². The molecule has 0 unspecified atom stereocenters. The van der Waals surface area contributed by atoms with Crippen LogP contribution in [0.4, 0.5) is 0 Å². The Labute approximate surface area is 92.5 Å². The van der Waals surface area contributed by atoms with E-state index in [2.05, 4.69) is 9.97 Å². The number of aryl methyl sites for hydroxylation is 1. The molecule has 0 bridgehead atoms. The summed E-state index contributed by atoms with van der Waals surface area (Å²) in [4.78, 5) is 28.8. The maximum absolute atomic E-state index is 11.7. The quantitative estimate of drug-likeness (QED) is 0.797. The van der Waals surface area contributed by atoms with Crippen LogP contribution in [0.1, 0.15) is 43.0 Å². The molecule has 0 radical (unpaired) electrons. The summed E-state index contributed by atoms with van der Waals surface area (Å²) >= 11 is 0. The molecule has 1 aromatic heterocycles. The highest BCUT2D eigenvalue weighted by Gasteiger charge is 2.22. The van der Waals surface area contributed by atoms with E-state index >= 15 is 0 Å². The molecule has 1 aliphatic carbocycles. The van der Waals surface area contributed by atoms with E-state index in [1.54, 1.807) is 6.20 Å². The summed E-state index contributed by atoms with van der Waals surface area (Å²) in [6.07, 6.45) is 5.14. The van der Waals surface area contributed by atoms with E-state index in [1.165, 1.54) is 6.42 Å². The average Bonchev–Trinajstić information content (AvgIpc) is 2.15. The van der Waals surface area contributed by atoms with Crippen molar-refractivity contribution in [2.75, 3.05) is 0 Å². The molecule has 16 heavy (non-hydrogen) atoms. The van der Waals surface area contributed by atoms with Gasteiger partial charge in [-0.1, -0.05) is 6.42 Å². The van der Waals surface area contributed by atoms with Gasteiger partial charge in [-0.15, -0.1) is 0 Å². The van der Waals surface area contributed by atoms with E-state index in [0.29, 0.717) is 11.7 Å². The number of carboxylic acid groups (broad SMARTS) is 1. The van der Waals surface area contributed by atoms with Crippen molar-refractivity contribution in [1.82, 2.24) is 9.97 Å². The van der Waals surface area contributed by atoms with Crippen LogP contribution in [0.15, 0.2) is 11.0 Å². The van der Waals surface area contributed by atoms with Crippen LogP contribution in [0.3, 0.4) is 0 Å². The summed E-state index contributed by atoms with van der Waals surface area (Å²) in [5, 5.41) is 8.51. The fourth-order valence-electron chi connectivity index (χ4n) is 1.80. The lowest BCUT2D eigenvalue weighted by Crippen LogP contribution is -2.23. The third-order valence-electron chi connectivity index (χ3n) is 3.00. The highest BCUT2D eigenvalue weighted by molar-refractivity contribution is 5.66. The van der Waals surface area contributed by atoms with Crippen LogP contribution in [0.2, 0.25) is 0 Å². The van der Waals surface area contributed by atoms with Crippen molar-refractivity contribution in [2.45, 2.75) is 38.0 Å². The summed E-state index contributed by atoms with van der Waals surface area (Å²) in [5.41, 5.74) is 0.630. The predicted molar refractivity (Wildman–Crippen MR) is 57.4 cm³/mol. The van der Waals surface area contributed by atoms with Gasteiger partial charge in [-0.2, -0.15) is 0 Å². The van der Waals surface area contributed by atoms with Crippen LogP contribution in [0, 0.1) is 0 Å². The molecule has 2 rings (SSSR count). The average molecular weight is 222 g/mol. The number of aromatic amines is 1. The highest BCUT2D eigenvalue weighted by Crippen LogP contribution is 2.33. The molecule has 2 N–H and O–H groups in total. The summed E-state index contributed by atoms with van der Waals surface area (Å²) in [7, 11) is 0. The number of aliphatic carboxylic acids is 1. The lowest BCUT2D eigenvalue weighted by Gasteiger charge is -2.24. The lowest BCUT2D eigenvalue weighted by atomic mass is 9.81. The Morgan fingerprint density at radius 1 is 1.56 bits per heavy atom.